The highest BCUT2D eigenvalue weighted by Gasteiger charge is 2.16. The highest BCUT2D eigenvalue weighted by atomic mass is 79.9. The third-order valence-electron chi connectivity index (χ3n) is 2.67. The first-order chi connectivity index (χ1) is 8.61. The Morgan fingerprint density at radius 1 is 1.50 bits per heavy atom. The molecular formula is C13H14BrN3O. The summed E-state index contributed by atoms with van der Waals surface area (Å²) in [5.41, 5.74) is 7.89. The lowest BCUT2D eigenvalue weighted by atomic mass is 10.1. The first-order valence-electron chi connectivity index (χ1n) is 5.70. The molecule has 0 saturated heterocycles. The van der Waals surface area contributed by atoms with Crippen molar-refractivity contribution >= 4 is 27.4 Å². The Hall–Kier alpha value is -1.62. The molecule has 0 bridgehead atoms. The van der Waals surface area contributed by atoms with Crippen LogP contribution in [0.25, 0.3) is 0 Å². The third-order valence-corrected chi connectivity index (χ3v) is 3.25. The second-order valence-electron chi connectivity index (χ2n) is 4.00. The van der Waals surface area contributed by atoms with Gasteiger partial charge >= 0.3 is 0 Å². The molecule has 2 N–H and O–H groups in total. The number of aryl methyl sites for hydroxylation is 1. The third kappa shape index (κ3) is 2.61. The molecule has 2 aromatic rings. The van der Waals surface area contributed by atoms with Gasteiger partial charge in [0.1, 0.15) is 5.69 Å². The molecule has 0 amide bonds. The molecule has 1 aromatic carbocycles. The van der Waals surface area contributed by atoms with Gasteiger partial charge in [-0.05, 0) is 40.5 Å². The largest absolute Gasteiger partial charge is 0.399 e. The van der Waals surface area contributed by atoms with E-state index in [1.54, 1.807) is 16.9 Å². The number of hydrogen-bond donors (Lipinski definition) is 1. The number of hydrogen-bond acceptors (Lipinski definition) is 3. The molecule has 2 rings (SSSR count). The summed E-state index contributed by atoms with van der Waals surface area (Å²) >= 11 is 3.36. The zero-order valence-corrected chi connectivity index (χ0v) is 11.6. The standard InChI is InChI=1S/C13H14BrN3O/c1-2-17-13(11(14)8-16-17)12(18)7-9-4-3-5-10(15)6-9/h3-6,8H,2,7,15H2,1H3. The molecule has 0 aliphatic heterocycles. The summed E-state index contributed by atoms with van der Waals surface area (Å²) in [5.74, 6) is 0.0341. The number of nitrogen functional groups attached to an aromatic ring is 1. The number of benzene rings is 1. The summed E-state index contributed by atoms with van der Waals surface area (Å²) in [7, 11) is 0. The number of carbonyl (C=O) groups is 1. The van der Waals surface area contributed by atoms with Crippen molar-refractivity contribution in [1.82, 2.24) is 9.78 Å². The van der Waals surface area contributed by atoms with Gasteiger partial charge in [-0.2, -0.15) is 5.10 Å². The van der Waals surface area contributed by atoms with Crippen molar-refractivity contribution in [3.8, 4) is 0 Å². The molecular weight excluding hydrogens is 294 g/mol. The molecule has 0 fully saturated rings. The number of carbonyl (C=O) groups excluding carboxylic acids is 1. The molecule has 5 heteroatoms. The van der Waals surface area contributed by atoms with Crippen molar-refractivity contribution in [1.29, 1.82) is 0 Å². The van der Waals surface area contributed by atoms with Crippen molar-refractivity contribution in [3.63, 3.8) is 0 Å². The Morgan fingerprint density at radius 2 is 2.28 bits per heavy atom. The predicted octanol–water partition coefficient (Wildman–Crippen LogP) is 2.67. The minimum Gasteiger partial charge on any atom is -0.399 e. The molecule has 18 heavy (non-hydrogen) atoms. The second kappa shape index (κ2) is 5.35. The first kappa shape index (κ1) is 12.8. The molecule has 0 saturated carbocycles. The molecule has 0 unspecified atom stereocenters. The van der Waals surface area contributed by atoms with Gasteiger partial charge in [-0.3, -0.25) is 9.48 Å². The SMILES string of the molecule is CCn1ncc(Br)c1C(=O)Cc1cccc(N)c1. The number of Topliss-reactive ketones (excluding diaryl/α,β-unsaturated/α-hetero) is 1. The summed E-state index contributed by atoms with van der Waals surface area (Å²) in [4.78, 5) is 12.3. The van der Waals surface area contributed by atoms with Gasteiger partial charge < -0.3 is 5.73 Å². The van der Waals surface area contributed by atoms with Crippen molar-refractivity contribution in [3.05, 3.63) is 46.2 Å². The molecule has 0 aliphatic rings. The average molecular weight is 308 g/mol. The molecule has 94 valence electrons. The van der Waals surface area contributed by atoms with Gasteiger partial charge in [0, 0.05) is 18.7 Å². The topological polar surface area (TPSA) is 60.9 Å². The van der Waals surface area contributed by atoms with Crippen LogP contribution in [0.2, 0.25) is 0 Å². The van der Waals surface area contributed by atoms with Crippen LogP contribution in [0.4, 0.5) is 5.69 Å². The van der Waals surface area contributed by atoms with Crippen LogP contribution in [0.5, 0.6) is 0 Å². The van der Waals surface area contributed by atoms with Crippen LogP contribution >= 0.6 is 15.9 Å². The second-order valence-corrected chi connectivity index (χ2v) is 4.86. The van der Waals surface area contributed by atoms with Crippen LogP contribution in [0.15, 0.2) is 34.9 Å². The molecule has 4 nitrogen and oxygen atoms in total. The monoisotopic (exact) mass is 307 g/mol. The number of nitrogens with two attached hydrogens (primary N) is 1. The van der Waals surface area contributed by atoms with E-state index in [1.165, 1.54) is 0 Å². The fourth-order valence-electron chi connectivity index (χ4n) is 1.85. The average Bonchev–Trinajstić information content (AvgIpc) is 2.70. The van der Waals surface area contributed by atoms with Crippen LogP contribution in [-0.4, -0.2) is 15.6 Å². The number of nitrogens with zero attached hydrogens (tertiary/aromatic N) is 2. The van der Waals surface area contributed by atoms with E-state index in [4.69, 9.17) is 5.73 Å². The number of halogens is 1. The Labute approximate surface area is 114 Å². The molecule has 0 spiro atoms. The van der Waals surface area contributed by atoms with Crippen LogP contribution in [0, 0.1) is 0 Å². The van der Waals surface area contributed by atoms with E-state index < -0.39 is 0 Å². The molecule has 0 radical (unpaired) electrons. The van der Waals surface area contributed by atoms with E-state index in [0.29, 0.717) is 24.3 Å². The molecule has 1 aromatic heterocycles. The Balaban J connectivity index is 2.24. The van der Waals surface area contributed by atoms with Crippen molar-refractivity contribution in [2.24, 2.45) is 0 Å². The lowest BCUT2D eigenvalue weighted by molar-refractivity contribution is 0.0982. The van der Waals surface area contributed by atoms with E-state index in [0.717, 1.165) is 10.0 Å². The maximum absolute atomic E-state index is 12.3. The van der Waals surface area contributed by atoms with Gasteiger partial charge in [-0.25, -0.2) is 0 Å². The fraction of sp³-hybridized carbons (Fsp3) is 0.231. The number of rotatable bonds is 4. The summed E-state index contributed by atoms with van der Waals surface area (Å²) < 4.78 is 2.43. The summed E-state index contributed by atoms with van der Waals surface area (Å²) in [6.45, 7) is 2.63. The lowest BCUT2D eigenvalue weighted by Crippen LogP contribution is -2.12. The minimum atomic E-state index is 0.0341. The predicted molar refractivity (Wildman–Crippen MR) is 74.5 cm³/mol. The number of anilines is 1. The normalized spacial score (nSPS) is 10.6. The summed E-state index contributed by atoms with van der Waals surface area (Å²) in [6.07, 6.45) is 1.98. The van der Waals surface area contributed by atoms with Crippen molar-refractivity contribution < 1.29 is 4.79 Å². The quantitative estimate of drug-likeness (QED) is 0.698. The van der Waals surface area contributed by atoms with E-state index >= 15 is 0 Å². The zero-order chi connectivity index (χ0) is 13.1. The summed E-state index contributed by atoms with van der Waals surface area (Å²) in [6, 6.07) is 7.37. The summed E-state index contributed by atoms with van der Waals surface area (Å²) in [5, 5.41) is 4.14. The van der Waals surface area contributed by atoms with Crippen LogP contribution in [-0.2, 0) is 13.0 Å². The Bertz CT molecular complexity index is 577. The minimum absolute atomic E-state index is 0.0341. The highest BCUT2D eigenvalue weighted by molar-refractivity contribution is 9.10. The van der Waals surface area contributed by atoms with Crippen LogP contribution < -0.4 is 5.73 Å². The number of ketones is 1. The highest BCUT2D eigenvalue weighted by Crippen LogP contribution is 2.19. The smallest absolute Gasteiger partial charge is 0.186 e. The fourth-order valence-corrected chi connectivity index (χ4v) is 2.37. The van der Waals surface area contributed by atoms with Crippen molar-refractivity contribution in [2.75, 3.05) is 5.73 Å². The van der Waals surface area contributed by atoms with Crippen LogP contribution in [0.3, 0.4) is 0 Å². The Morgan fingerprint density at radius 3 is 2.94 bits per heavy atom. The van der Waals surface area contributed by atoms with Gasteiger partial charge in [0.05, 0.1) is 10.7 Å². The molecule has 1 heterocycles. The van der Waals surface area contributed by atoms with Gasteiger partial charge in [0.2, 0.25) is 0 Å². The van der Waals surface area contributed by atoms with Gasteiger partial charge in [0.15, 0.2) is 5.78 Å². The maximum Gasteiger partial charge on any atom is 0.186 e. The lowest BCUT2D eigenvalue weighted by Gasteiger charge is -2.05. The molecule has 0 atom stereocenters. The van der Waals surface area contributed by atoms with Gasteiger partial charge in [-0.15, -0.1) is 0 Å². The van der Waals surface area contributed by atoms with E-state index in [-0.39, 0.29) is 5.78 Å². The zero-order valence-electron chi connectivity index (χ0n) is 10.1. The molecule has 0 aliphatic carbocycles. The van der Waals surface area contributed by atoms with Crippen LogP contribution in [0.1, 0.15) is 23.0 Å². The maximum atomic E-state index is 12.3. The van der Waals surface area contributed by atoms with Crippen molar-refractivity contribution in [2.45, 2.75) is 19.9 Å². The number of aromatic nitrogens is 2. The first-order valence-corrected chi connectivity index (χ1v) is 6.50. The Kier molecular flexibility index (Phi) is 3.81. The van der Waals surface area contributed by atoms with E-state index in [1.807, 2.05) is 25.1 Å². The van der Waals surface area contributed by atoms with Gasteiger partial charge in [0.25, 0.3) is 0 Å². The van der Waals surface area contributed by atoms with E-state index in [2.05, 4.69) is 21.0 Å². The van der Waals surface area contributed by atoms with E-state index in [9.17, 15) is 4.79 Å². The van der Waals surface area contributed by atoms with Gasteiger partial charge in [-0.1, -0.05) is 12.1 Å².